The van der Waals surface area contributed by atoms with Crippen LogP contribution in [0.3, 0.4) is 0 Å². The number of ether oxygens (including phenoxy) is 1. The molecule has 1 aromatic carbocycles. The average Bonchev–Trinajstić information content (AvgIpc) is 3.44. The molecular weight excluding hydrogens is 362 g/mol. The topological polar surface area (TPSA) is 68.5 Å². The fraction of sp³-hybridized carbons (Fsp3) is 0.350. The minimum Gasteiger partial charge on any atom is -0.418 e. The zero-order chi connectivity index (χ0) is 18.6. The van der Waals surface area contributed by atoms with E-state index in [1.807, 2.05) is 29.6 Å². The second-order valence-electron chi connectivity index (χ2n) is 6.53. The highest BCUT2D eigenvalue weighted by atomic mass is 32.1. The van der Waals surface area contributed by atoms with E-state index in [9.17, 15) is 4.79 Å². The number of hydrogen-bond donors (Lipinski definition) is 0. The number of benzene rings is 1. The lowest BCUT2D eigenvalue weighted by molar-refractivity contribution is 0.0663. The third-order valence-electron chi connectivity index (χ3n) is 4.72. The number of carbonyl (C=O) groups excluding carboxylic acids is 1. The minimum atomic E-state index is -0.0439. The lowest BCUT2D eigenvalue weighted by Gasteiger charge is -2.21. The summed E-state index contributed by atoms with van der Waals surface area (Å²) in [6.45, 7) is 1.17. The molecule has 0 radical (unpaired) electrons. The fourth-order valence-corrected chi connectivity index (χ4v) is 3.97. The maximum absolute atomic E-state index is 13.1. The number of carbonyl (C=O) groups is 1. The third kappa shape index (κ3) is 3.94. The molecule has 1 aliphatic carbocycles. The summed E-state index contributed by atoms with van der Waals surface area (Å²) in [5.41, 5.74) is 3.34. The van der Waals surface area contributed by atoms with Crippen LogP contribution < -0.4 is 0 Å². The van der Waals surface area contributed by atoms with Gasteiger partial charge in [0.05, 0.1) is 18.0 Å². The van der Waals surface area contributed by atoms with Gasteiger partial charge in [-0.3, -0.25) is 4.79 Å². The normalized spacial score (nSPS) is 12.9. The number of hydrogen-bond acceptors (Lipinski definition) is 6. The number of amides is 1. The van der Waals surface area contributed by atoms with Gasteiger partial charge in [0, 0.05) is 19.2 Å². The molecule has 7 heteroatoms. The van der Waals surface area contributed by atoms with Crippen LogP contribution in [0, 0.1) is 0 Å². The van der Waals surface area contributed by atoms with E-state index in [4.69, 9.17) is 9.15 Å². The van der Waals surface area contributed by atoms with Gasteiger partial charge in [-0.1, -0.05) is 12.1 Å². The van der Waals surface area contributed by atoms with Crippen LogP contribution in [0.15, 0.2) is 40.1 Å². The van der Waals surface area contributed by atoms with Crippen molar-refractivity contribution in [3.8, 4) is 10.8 Å². The van der Waals surface area contributed by atoms with Gasteiger partial charge in [-0.2, -0.15) is 0 Å². The molecule has 0 aliphatic heterocycles. The molecule has 0 N–H and O–H groups in total. The number of methoxy groups -OCH3 is 1. The summed E-state index contributed by atoms with van der Waals surface area (Å²) in [6.07, 6.45) is 3.31. The van der Waals surface area contributed by atoms with Crippen LogP contribution in [0.25, 0.3) is 10.8 Å². The number of aromatic nitrogens is 2. The lowest BCUT2D eigenvalue weighted by atomic mass is 10.1. The van der Waals surface area contributed by atoms with Crippen LogP contribution in [0.1, 0.15) is 33.8 Å². The van der Waals surface area contributed by atoms with Crippen LogP contribution in [0.5, 0.6) is 0 Å². The molecule has 0 bridgehead atoms. The highest BCUT2D eigenvalue weighted by molar-refractivity contribution is 7.13. The van der Waals surface area contributed by atoms with E-state index in [2.05, 4.69) is 16.3 Å². The van der Waals surface area contributed by atoms with Gasteiger partial charge in [-0.05, 0) is 54.0 Å². The Balaban J connectivity index is 1.53. The smallest absolute Gasteiger partial charge is 0.257 e. The first kappa shape index (κ1) is 17.9. The molecule has 0 spiro atoms. The first-order valence-corrected chi connectivity index (χ1v) is 9.89. The number of nitrogens with zero attached hydrogens (tertiary/aromatic N) is 3. The highest BCUT2D eigenvalue weighted by Crippen LogP contribution is 2.25. The molecule has 0 unspecified atom stereocenters. The third-order valence-corrected chi connectivity index (χ3v) is 5.58. The first-order chi connectivity index (χ1) is 13.2. The predicted octanol–water partition coefficient (Wildman–Crippen LogP) is 3.58. The Labute approximate surface area is 161 Å². The van der Waals surface area contributed by atoms with Crippen molar-refractivity contribution in [3.63, 3.8) is 0 Å². The fourth-order valence-electron chi connectivity index (χ4n) is 3.32. The Bertz CT molecular complexity index is 920. The Morgan fingerprint density at radius 2 is 2.15 bits per heavy atom. The van der Waals surface area contributed by atoms with Gasteiger partial charge in [-0.15, -0.1) is 21.5 Å². The van der Waals surface area contributed by atoms with Crippen molar-refractivity contribution in [2.45, 2.75) is 25.8 Å². The van der Waals surface area contributed by atoms with Crippen molar-refractivity contribution >= 4 is 17.2 Å². The van der Waals surface area contributed by atoms with Crippen molar-refractivity contribution in [2.24, 2.45) is 0 Å². The van der Waals surface area contributed by atoms with Crippen LogP contribution in [0.2, 0.25) is 0 Å². The van der Waals surface area contributed by atoms with E-state index in [-0.39, 0.29) is 12.5 Å². The summed E-state index contributed by atoms with van der Waals surface area (Å²) in [5, 5.41) is 10.2. The van der Waals surface area contributed by atoms with Crippen molar-refractivity contribution in [2.75, 3.05) is 20.3 Å². The van der Waals surface area contributed by atoms with E-state index >= 15 is 0 Å². The molecule has 0 saturated carbocycles. The van der Waals surface area contributed by atoms with Gasteiger partial charge in [0.2, 0.25) is 5.89 Å². The molecule has 0 fully saturated rings. The Hall–Kier alpha value is -2.51. The number of rotatable bonds is 7. The first-order valence-electron chi connectivity index (χ1n) is 9.01. The summed E-state index contributed by atoms with van der Waals surface area (Å²) in [6, 6.07) is 9.88. The molecule has 0 saturated heterocycles. The van der Waals surface area contributed by atoms with Crippen LogP contribution in [-0.2, 0) is 24.1 Å². The predicted molar refractivity (Wildman–Crippen MR) is 103 cm³/mol. The summed E-state index contributed by atoms with van der Waals surface area (Å²) in [4.78, 5) is 15.7. The SMILES string of the molecule is COCCN(Cc1nnc(-c2cccs2)o1)C(=O)c1ccc2c(c1)CCC2. The molecule has 0 atom stereocenters. The molecular formula is C20H21N3O3S. The van der Waals surface area contributed by atoms with Crippen molar-refractivity contribution in [1.29, 1.82) is 0 Å². The van der Waals surface area contributed by atoms with Crippen LogP contribution in [-0.4, -0.2) is 41.3 Å². The molecule has 1 aliphatic rings. The summed E-state index contributed by atoms with van der Waals surface area (Å²) in [7, 11) is 1.62. The van der Waals surface area contributed by atoms with E-state index in [1.165, 1.54) is 22.5 Å². The second-order valence-corrected chi connectivity index (χ2v) is 7.48. The minimum absolute atomic E-state index is 0.0439. The van der Waals surface area contributed by atoms with Crippen LogP contribution in [0.4, 0.5) is 0 Å². The number of thiophene rings is 1. The van der Waals surface area contributed by atoms with E-state index in [1.54, 1.807) is 12.0 Å². The van der Waals surface area contributed by atoms with Crippen molar-refractivity contribution in [3.05, 3.63) is 58.3 Å². The van der Waals surface area contributed by atoms with E-state index < -0.39 is 0 Å². The quantitative estimate of drug-likeness (QED) is 0.624. The zero-order valence-electron chi connectivity index (χ0n) is 15.2. The average molecular weight is 383 g/mol. The van der Waals surface area contributed by atoms with E-state index in [0.717, 1.165) is 24.1 Å². The maximum Gasteiger partial charge on any atom is 0.257 e. The monoisotopic (exact) mass is 383 g/mol. The van der Waals surface area contributed by atoms with E-state index in [0.29, 0.717) is 30.5 Å². The Morgan fingerprint density at radius 1 is 1.26 bits per heavy atom. The standard InChI is InChI=1S/C20H21N3O3S/c1-25-10-9-23(13-18-21-22-19(26-18)17-6-3-11-27-17)20(24)16-8-7-14-4-2-5-15(14)12-16/h3,6-8,11-12H,2,4-5,9-10,13H2,1H3. The molecule has 4 rings (SSSR count). The second kappa shape index (κ2) is 8.02. The van der Waals surface area contributed by atoms with Gasteiger partial charge < -0.3 is 14.1 Å². The Kier molecular flexibility index (Phi) is 5.31. The summed E-state index contributed by atoms with van der Waals surface area (Å²) in [5.74, 6) is 0.860. The van der Waals surface area contributed by atoms with Crippen molar-refractivity contribution < 1.29 is 13.9 Å². The summed E-state index contributed by atoms with van der Waals surface area (Å²) < 4.78 is 10.9. The lowest BCUT2D eigenvalue weighted by Crippen LogP contribution is -2.33. The number of aryl methyl sites for hydroxylation is 2. The van der Waals surface area contributed by atoms with Gasteiger partial charge in [0.25, 0.3) is 11.8 Å². The number of fused-ring (bicyclic) bond motifs is 1. The van der Waals surface area contributed by atoms with Gasteiger partial charge in [-0.25, -0.2) is 0 Å². The highest BCUT2D eigenvalue weighted by Gasteiger charge is 2.21. The molecule has 140 valence electrons. The van der Waals surface area contributed by atoms with Crippen molar-refractivity contribution in [1.82, 2.24) is 15.1 Å². The zero-order valence-corrected chi connectivity index (χ0v) is 16.0. The van der Waals surface area contributed by atoms with Gasteiger partial charge in [0.1, 0.15) is 0 Å². The largest absolute Gasteiger partial charge is 0.418 e. The molecule has 2 aromatic heterocycles. The van der Waals surface area contributed by atoms with Gasteiger partial charge in [0.15, 0.2) is 0 Å². The molecule has 27 heavy (non-hydrogen) atoms. The summed E-state index contributed by atoms with van der Waals surface area (Å²) >= 11 is 1.54. The molecule has 3 aromatic rings. The van der Waals surface area contributed by atoms with Crippen LogP contribution >= 0.6 is 11.3 Å². The maximum atomic E-state index is 13.1. The molecule has 2 heterocycles. The molecule has 1 amide bonds. The Morgan fingerprint density at radius 3 is 2.96 bits per heavy atom. The molecule has 6 nitrogen and oxygen atoms in total. The van der Waals surface area contributed by atoms with Gasteiger partial charge >= 0.3 is 0 Å².